The molecule has 1 saturated heterocycles. The van der Waals surface area contributed by atoms with Crippen LogP contribution in [0.4, 0.5) is 4.39 Å². The Morgan fingerprint density at radius 2 is 2.16 bits per heavy atom. The summed E-state index contributed by atoms with van der Waals surface area (Å²) in [5, 5.41) is 9.00. The second-order valence-corrected chi connectivity index (χ2v) is 4.91. The Kier molecular flexibility index (Phi) is 3.83. The van der Waals surface area contributed by atoms with Gasteiger partial charge in [0.2, 0.25) is 0 Å². The Hall–Kier alpha value is -1.91. The predicted molar refractivity (Wildman–Crippen MR) is 67.4 cm³/mol. The van der Waals surface area contributed by atoms with Gasteiger partial charge in [0.1, 0.15) is 5.82 Å². The van der Waals surface area contributed by atoms with Crippen LogP contribution in [0, 0.1) is 18.7 Å². The SMILES string of the molecule is Cc1ccc(F)c(C(=O)N2CCC[C@@H](C(=O)O)C2)c1. The predicted octanol–water partition coefficient (Wildman–Crippen LogP) is 2.07. The summed E-state index contributed by atoms with van der Waals surface area (Å²) in [4.78, 5) is 24.6. The minimum Gasteiger partial charge on any atom is -0.481 e. The Morgan fingerprint density at radius 1 is 1.42 bits per heavy atom. The van der Waals surface area contributed by atoms with Gasteiger partial charge in [0.05, 0.1) is 11.5 Å². The molecule has 0 bridgehead atoms. The third-order valence-electron chi connectivity index (χ3n) is 3.41. The van der Waals surface area contributed by atoms with Gasteiger partial charge in [-0.25, -0.2) is 4.39 Å². The zero-order valence-corrected chi connectivity index (χ0v) is 10.7. The molecule has 0 radical (unpaired) electrons. The van der Waals surface area contributed by atoms with Gasteiger partial charge in [0.15, 0.2) is 0 Å². The lowest BCUT2D eigenvalue weighted by molar-refractivity contribution is -0.143. The van der Waals surface area contributed by atoms with Crippen LogP contribution in [0.25, 0.3) is 0 Å². The molecule has 1 aromatic carbocycles. The molecule has 5 heteroatoms. The van der Waals surface area contributed by atoms with Gasteiger partial charge in [-0.2, -0.15) is 0 Å². The van der Waals surface area contributed by atoms with Crippen LogP contribution < -0.4 is 0 Å². The van der Waals surface area contributed by atoms with Crippen LogP contribution in [0.2, 0.25) is 0 Å². The number of piperidine rings is 1. The highest BCUT2D eigenvalue weighted by molar-refractivity contribution is 5.95. The van der Waals surface area contributed by atoms with Gasteiger partial charge >= 0.3 is 5.97 Å². The summed E-state index contributed by atoms with van der Waals surface area (Å²) in [7, 11) is 0. The average Bonchev–Trinajstić information content (AvgIpc) is 2.41. The van der Waals surface area contributed by atoms with Crippen LogP contribution in [-0.2, 0) is 4.79 Å². The highest BCUT2D eigenvalue weighted by atomic mass is 19.1. The first-order valence-corrected chi connectivity index (χ1v) is 6.27. The van der Waals surface area contributed by atoms with Crippen molar-refractivity contribution in [2.24, 2.45) is 5.92 Å². The van der Waals surface area contributed by atoms with Crippen molar-refractivity contribution in [3.8, 4) is 0 Å². The van der Waals surface area contributed by atoms with Crippen molar-refractivity contribution in [1.29, 1.82) is 0 Å². The van der Waals surface area contributed by atoms with Crippen molar-refractivity contribution >= 4 is 11.9 Å². The lowest BCUT2D eigenvalue weighted by atomic mass is 9.97. The van der Waals surface area contributed by atoms with Crippen molar-refractivity contribution in [1.82, 2.24) is 4.90 Å². The van der Waals surface area contributed by atoms with Crippen LogP contribution in [0.3, 0.4) is 0 Å². The first-order valence-electron chi connectivity index (χ1n) is 6.27. The molecule has 1 amide bonds. The number of rotatable bonds is 2. The summed E-state index contributed by atoms with van der Waals surface area (Å²) in [6.07, 6.45) is 1.20. The van der Waals surface area contributed by atoms with Crippen molar-refractivity contribution in [2.45, 2.75) is 19.8 Å². The summed E-state index contributed by atoms with van der Waals surface area (Å²) in [5.41, 5.74) is 0.822. The molecule has 1 atom stereocenters. The van der Waals surface area contributed by atoms with Crippen LogP contribution in [0.1, 0.15) is 28.8 Å². The fourth-order valence-electron chi connectivity index (χ4n) is 2.34. The van der Waals surface area contributed by atoms with E-state index in [4.69, 9.17) is 5.11 Å². The van der Waals surface area contributed by atoms with Gasteiger partial charge in [-0.3, -0.25) is 9.59 Å². The number of likely N-dealkylation sites (tertiary alicyclic amines) is 1. The van der Waals surface area contributed by atoms with E-state index in [0.717, 1.165) is 5.56 Å². The number of amides is 1. The Labute approximate surface area is 110 Å². The maximum absolute atomic E-state index is 13.7. The fourth-order valence-corrected chi connectivity index (χ4v) is 2.34. The molecule has 0 saturated carbocycles. The largest absolute Gasteiger partial charge is 0.481 e. The van der Waals surface area contributed by atoms with Crippen molar-refractivity contribution in [3.63, 3.8) is 0 Å². The van der Waals surface area contributed by atoms with Gasteiger partial charge < -0.3 is 10.0 Å². The Bertz CT molecular complexity index is 515. The van der Waals surface area contributed by atoms with Crippen LogP contribution in [0.5, 0.6) is 0 Å². The van der Waals surface area contributed by atoms with Crippen LogP contribution in [0.15, 0.2) is 18.2 Å². The molecule has 0 spiro atoms. The molecule has 1 heterocycles. The van der Waals surface area contributed by atoms with Crippen LogP contribution in [-0.4, -0.2) is 35.0 Å². The number of carboxylic acid groups (broad SMARTS) is 1. The zero-order chi connectivity index (χ0) is 14.0. The first-order chi connectivity index (χ1) is 8.99. The number of carbonyl (C=O) groups excluding carboxylic acids is 1. The number of halogens is 1. The number of nitrogens with zero attached hydrogens (tertiary/aromatic N) is 1. The molecule has 0 unspecified atom stereocenters. The maximum atomic E-state index is 13.7. The average molecular weight is 265 g/mol. The number of benzene rings is 1. The standard InChI is InChI=1S/C14H16FNO3/c1-9-4-5-12(15)11(7-9)13(17)16-6-2-3-10(8-16)14(18)19/h4-5,7,10H,2-3,6,8H2,1H3,(H,18,19)/t10-/m1/s1. The smallest absolute Gasteiger partial charge is 0.308 e. The van der Waals surface area contributed by atoms with E-state index in [1.54, 1.807) is 13.0 Å². The van der Waals surface area contributed by atoms with E-state index >= 15 is 0 Å². The minimum absolute atomic E-state index is 0.0195. The van der Waals surface area contributed by atoms with Crippen LogP contribution >= 0.6 is 0 Å². The van der Waals surface area contributed by atoms with Crippen molar-refractivity contribution in [3.05, 3.63) is 35.1 Å². The molecule has 1 aliphatic heterocycles. The van der Waals surface area contributed by atoms with E-state index in [1.165, 1.54) is 17.0 Å². The van der Waals surface area contributed by atoms with Gasteiger partial charge in [-0.05, 0) is 31.9 Å². The van der Waals surface area contributed by atoms with Gasteiger partial charge in [0, 0.05) is 13.1 Å². The quantitative estimate of drug-likeness (QED) is 0.890. The maximum Gasteiger partial charge on any atom is 0.308 e. The number of carboxylic acids is 1. The third kappa shape index (κ3) is 2.92. The zero-order valence-electron chi connectivity index (χ0n) is 10.7. The second kappa shape index (κ2) is 5.38. The second-order valence-electron chi connectivity index (χ2n) is 4.91. The molecule has 1 aliphatic rings. The van der Waals surface area contributed by atoms with Gasteiger partial charge in [-0.15, -0.1) is 0 Å². The molecule has 1 N–H and O–H groups in total. The molecule has 4 nitrogen and oxygen atoms in total. The Balaban J connectivity index is 2.19. The van der Waals surface area contributed by atoms with E-state index in [2.05, 4.69) is 0 Å². The van der Waals surface area contributed by atoms with E-state index in [-0.39, 0.29) is 12.1 Å². The lowest BCUT2D eigenvalue weighted by Gasteiger charge is -2.30. The summed E-state index contributed by atoms with van der Waals surface area (Å²) in [6, 6.07) is 4.37. The van der Waals surface area contributed by atoms with Gasteiger partial charge in [-0.1, -0.05) is 11.6 Å². The fraction of sp³-hybridized carbons (Fsp3) is 0.429. The minimum atomic E-state index is -0.901. The highest BCUT2D eigenvalue weighted by Gasteiger charge is 2.29. The molecule has 1 fully saturated rings. The molecular formula is C14H16FNO3. The molecule has 0 aliphatic carbocycles. The summed E-state index contributed by atoms with van der Waals surface area (Å²) in [6.45, 7) is 2.42. The summed E-state index contributed by atoms with van der Waals surface area (Å²) >= 11 is 0. The van der Waals surface area contributed by atoms with E-state index < -0.39 is 23.6 Å². The molecule has 0 aromatic heterocycles. The van der Waals surface area contributed by atoms with Crippen molar-refractivity contribution < 1.29 is 19.1 Å². The molecular weight excluding hydrogens is 249 g/mol. The van der Waals surface area contributed by atoms with E-state index in [1.807, 2.05) is 0 Å². The normalized spacial score (nSPS) is 19.3. The number of hydrogen-bond donors (Lipinski definition) is 1. The summed E-state index contributed by atoms with van der Waals surface area (Å²) < 4.78 is 13.7. The molecule has 1 aromatic rings. The summed E-state index contributed by atoms with van der Waals surface area (Å²) in [5.74, 6) is -2.44. The number of aliphatic carboxylic acids is 1. The Morgan fingerprint density at radius 3 is 2.84 bits per heavy atom. The molecule has 2 rings (SSSR count). The topological polar surface area (TPSA) is 57.6 Å². The van der Waals surface area contributed by atoms with Gasteiger partial charge in [0.25, 0.3) is 5.91 Å². The van der Waals surface area contributed by atoms with E-state index in [0.29, 0.717) is 19.4 Å². The van der Waals surface area contributed by atoms with Crippen molar-refractivity contribution in [2.75, 3.05) is 13.1 Å². The van der Waals surface area contributed by atoms with E-state index in [9.17, 15) is 14.0 Å². The highest BCUT2D eigenvalue weighted by Crippen LogP contribution is 2.20. The third-order valence-corrected chi connectivity index (χ3v) is 3.41. The molecule has 19 heavy (non-hydrogen) atoms. The number of aryl methyl sites for hydroxylation is 1. The number of hydrogen-bond acceptors (Lipinski definition) is 2. The lowest BCUT2D eigenvalue weighted by Crippen LogP contribution is -2.42. The molecule has 102 valence electrons. The monoisotopic (exact) mass is 265 g/mol. The number of carbonyl (C=O) groups is 2. The first kappa shape index (κ1) is 13.5.